The minimum atomic E-state index is -1.52. The van der Waals surface area contributed by atoms with Gasteiger partial charge in [-0.3, -0.25) is 4.79 Å². The predicted octanol–water partition coefficient (Wildman–Crippen LogP) is 1.70. The van der Waals surface area contributed by atoms with Crippen molar-refractivity contribution in [2.24, 2.45) is 29.6 Å². The molecule has 5 fully saturated rings. The number of fused-ring (bicyclic) bond motifs is 5. The highest BCUT2D eigenvalue weighted by atomic mass is 16.6. The molecule has 0 bridgehead atoms. The third-order valence-corrected chi connectivity index (χ3v) is 8.96. The van der Waals surface area contributed by atoms with Crippen molar-refractivity contribution < 1.29 is 19.4 Å². The van der Waals surface area contributed by atoms with Crippen molar-refractivity contribution in [2.75, 3.05) is 13.2 Å². The Morgan fingerprint density at radius 3 is 2.75 bits per heavy atom. The fourth-order valence-corrected chi connectivity index (χ4v) is 7.54. The molecule has 28 heavy (non-hydrogen) atoms. The first kappa shape index (κ1) is 18.9. The number of cyclic esters (lactones) is 1. The average molecular weight is 391 g/mol. The number of ether oxygens (including phenoxy) is 1. The Hall–Kier alpha value is -1.14. The molecule has 6 nitrogen and oxygen atoms in total. The van der Waals surface area contributed by atoms with Crippen LogP contribution in [0.2, 0.25) is 0 Å². The van der Waals surface area contributed by atoms with Gasteiger partial charge in [0.25, 0.3) is 0 Å². The van der Waals surface area contributed by atoms with Crippen molar-refractivity contribution in [2.45, 2.75) is 82.5 Å². The second-order valence-electron chi connectivity index (χ2n) is 9.87. The van der Waals surface area contributed by atoms with Crippen molar-refractivity contribution in [1.29, 1.82) is 0 Å². The zero-order valence-corrected chi connectivity index (χ0v) is 17.1. The number of hydrogen-bond donors (Lipinski definition) is 2. The summed E-state index contributed by atoms with van der Waals surface area (Å²) in [6.07, 6.45) is 7.35. The topological polar surface area (TPSA) is 78.9 Å². The molecule has 156 valence electrons. The third-order valence-electron chi connectivity index (χ3n) is 8.96. The van der Waals surface area contributed by atoms with Crippen molar-refractivity contribution in [3.05, 3.63) is 0 Å². The van der Waals surface area contributed by atoms with Crippen LogP contribution < -0.4 is 5.32 Å². The summed E-state index contributed by atoms with van der Waals surface area (Å²) in [5, 5.41) is 15.1. The number of carbonyl (C=O) groups excluding carboxylic acids is 2. The number of rotatable bonds is 2. The van der Waals surface area contributed by atoms with E-state index in [0.29, 0.717) is 36.8 Å². The number of esters is 1. The van der Waals surface area contributed by atoms with Gasteiger partial charge >= 0.3 is 5.97 Å². The molecule has 4 heterocycles. The van der Waals surface area contributed by atoms with Gasteiger partial charge in [0.2, 0.25) is 5.91 Å². The Morgan fingerprint density at radius 1 is 1.21 bits per heavy atom. The summed E-state index contributed by atoms with van der Waals surface area (Å²) in [6, 6.07) is 0.960. The van der Waals surface area contributed by atoms with Gasteiger partial charge in [0.15, 0.2) is 5.60 Å². The minimum Gasteiger partial charge on any atom is -0.463 e. The number of amides is 1. The fourth-order valence-electron chi connectivity index (χ4n) is 7.54. The van der Waals surface area contributed by atoms with Crippen LogP contribution in [0.15, 0.2) is 0 Å². The lowest BCUT2D eigenvalue weighted by Crippen LogP contribution is -2.65. The van der Waals surface area contributed by atoms with Gasteiger partial charge in [0.05, 0.1) is 5.92 Å². The first-order valence-electron chi connectivity index (χ1n) is 11.5. The number of aliphatic hydroxyl groups is 1. The number of hydrogen-bond acceptors (Lipinski definition) is 5. The normalized spacial score (nSPS) is 50.3. The maximum absolute atomic E-state index is 13.4. The van der Waals surface area contributed by atoms with Crippen LogP contribution >= 0.6 is 0 Å². The lowest BCUT2D eigenvalue weighted by Gasteiger charge is -2.51. The van der Waals surface area contributed by atoms with E-state index in [-0.39, 0.29) is 30.4 Å². The molecular weight excluding hydrogens is 356 g/mol. The van der Waals surface area contributed by atoms with Crippen LogP contribution in [0.1, 0.15) is 58.8 Å². The molecule has 0 spiro atoms. The molecular formula is C22H34N2O4. The van der Waals surface area contributed by atoms with Crippen LogP contribution in [0, 0.1) is 29.6 Å². The van der Waals surface area contributed by atoms with Gasteiger partial charge in [-0.1, -0.05) is 33.1 Å². The highest BCUT2D eigenvalue weighted by Gasteiger charge is 2.62. The van der Waals surface area contributed by atoms with Gasteiger partial charge < -0.3 is 20.1 Å². The SMILES string of the molecule is CCC1C2CCCCC2NC2C1CN1C(=O)C3COC(=O)[C@](O)(CC)C3CC21. The zero-order chi connectivity index (χ0) is 19.6. The standard InChI is InChI=1S/C22H34N2O4/c1-3-12-13-7-5-6-8-17(13)23-19-14(12)10-24-18(19)9-16-15(20(24)25)11-28-21(26)22(16,27)4-2/h12-19,23,27H,3-11H2,1-2H3/t12?,13?,14?,15?,16?,17?,18?,19?,22-/m0/s1. The summed E-state index contributed by atoms with van der Waals surface area (Å²) in [6.45, 7) is 5.07. The van der Waals surface area contributed by atoms with Gasteiger partial charge in [0.1, 0.15) is 6.61 Å². The number of piperidine rings is 2. The summed E-state index contributed by atoms with van der Waals surface area (Å²) >= 11 is 0. The Balaban J connectivity index is 1.47. The molecule has 8 unspecified atom stereocenters. The lowest BCUT2D eigenvalue weighted by molar-refractivity contribution is -0.201. The van der Waals surface area contributed by atoms with E-state index in [0.717, 1.165) is 12.5 Å². The van der Waals surface area contributed by atoms with E-state index in [4.69, 9.17) is 4.74 Å². The molecule has 6 heteroatoms. The van der Waals surface area contributed by atoms with Crippen LogP contribution in [-0.4, -0.2) is 58.8 Å². The van der Waals surface area contributed by atoms with Crippen LogP contribution in [-0.2, 0) is 14.3 Å². The second kappa shape index (κ2) is 6.69. The first-order valence-corrected chi connectivity index (χ1v) is 11.5. The van der Waals surface area contributed by atoms with Gasteiger partial charge in [-0.2, -0.15) is 0 Å². The smallest absolute Gasteiger partial charge is 0.338 e. The summed E-state index contributed by atoms with van der Waals surface area (Å²) in [5.74, 6) is 0.733. The summed E-state index contributed by atoms with van der Waals surface area (Å²) in [7, 11) is 0. The molecule has 1 amide bonds. The van der Waals surface area contributed by atoms with Crippen LogP contribution in [0.4, 0.5) is 0 Å². The predicted molar refractivity (Wildman–Crippen MR) is 103 cm³/mol. The summed E-state index contributed by atoms with van der Waals surface area (Å²) < 4.78 is 5.26. The number of nitrogens with zero attached hydrogens (tertiary/aromatic N) is 1. The van der Waals surface area contributed by atoms with E-state index in [1.54, 1.807) is 0 Å². The zero-order valence-electron chi connectivity index (χ0n) is 17.1. The summed E-state index contributed by atoms with van der Waals surface area (Å²) in [4.78, 5) is 27.8. The van der Waals surface area contributed by atoms with Gasteiger partial charge in [-0.15, -0.1) is 0 Å². The highest BCUT2D eigenvalue weighted by Crippen LogP contribution is 2.51. The molecule has 1 aliphatic carbocycles. The third kappa shape index (κ3) is 2.46. The lowest BCUT2D eigenvalue weighted by atomic mass is 9.64. The van der Waals surface area contributed by atoms with Crippen molar-refractivity contribution in [1.82, 2.24) is 10.2 Å². The van der Waals surface area contributed by atoms with Gasteiger partial charge in [-0.25, -0.2) is 4.79 Å². The molecule has 2 N–H and O–H groups in total. The Kier molecular flexibility index (Phi) is 4.51. The maximum atomic E-state index is 13.4. The second-order valence-corrected chi connectivity index (χ2v) is 9.87. The molecule has 0 aromatic heterocycles. The first-order chi connectivity index (χ1) is 13.5. The molecule has 5 rings (SSSR count). The van der Waals surface area contributed by atoms with Crippen molar-refractivity contribution >= 4 is 11.9 Å². The largest absolute Gasteiger partial charge is 0.463 e. The Labute approximate surface area is 167 Å². The van der Waals surface area contributed by atoms with Crippen LogP contribution in [0.5, 0.6) is 0 Å². The molecule has 0 radical (unpaired) electrons. The minimum absolute atomic E-state index is 0.0923. The van der Waals surface area contributed by atoms with Crippen molar-refractivity contribution in [3.8, 4) is 0 Å². The maximum Gasteiger partial charge on any atom is 0.338 e. The van der Waals surface area contributed by atoms with Gasteiger partial charge in [0, 0.05) is 30.6 Å². The monoisotopic (exact) mass is 390 g/mol. The summed E-state index contributed by atoms with van der Waals surface area (Å²) in [5.41, 5.74) is -1.52. The fraction of sp³-hybridized carbons (Fsp3) is 0.909. The Bertz CT molecular complexity index is 669. The van der Waals surface area contributed by atoms with Crippen molar-refractivity contribution in [3.63, 3.8) is 0 Å². The Morgan fingerprint density at radius 2 is 2.00 bits per heavy atom. The molecule has 4 aliphatic heterocycles. The molecule has 4 saturated heterocycles. The van der Waals surface area contributed by atoms with E-state index in [1.165, 1.54) is 32.1 Å². The van der Waals surface area contributed by atoms with Gasteiger partial charge in [-0.05, 0) is 43.4 Å². The molecule has 0 aromatic rings. The molecule has 1 saturated carbocycles. The molecule has 5 aliphatic rings. The highest BCUT2D eigenvalue weighted by molar-refractivity contribution is 5.87. The van der Waals surface area contributed by atoms with E-state index >= 15 is 0 Å². The molecule has 9 atom stereocenters. The number of carbonyl (C=O) groups is 2. The quantitative estimate of drug-likeness (QED) is 0.702. The van der Waals surface area contributed by atoms with Crippen LogP contribution in [0.3, 0.4) is 0 Å². The average Bonchev–Trinajstić information content (AvgIpc) is 3.08. The van der Waals surface area contributed by atoms with E-state index in [1.807, 2.05) is 6.92 Å². The molecule has 0 aromatic carbocycles. The van der Waals surface area contributed by atoms with E-state index < -0.39 is 11.6 Å². The van der Waals surface area contributed by atoms with E-state index in [2.05, 4.69) is 17.1 Å². The van der Waals surface area contributed by atoms with Crippen LogP contribution in [0.25, 0.3) is 0 Å². The van der Waals surface area contributed by atoms with E-state index in [9.17, 15) is 14.7 Å². The number of nitrogens with one attached hydrogen (secondary N) is 1.